The van der Waals surface area contributed by atoms with Crippen molar-refractivity contribution in [2.45, 2.75) is 6.54 Å². The number of hydrogen-bond acceptors (Lipinski definition) is 3. The van der Waals surface area contributed by atoms with E-state index in [1.807, 2.05) is 37.6 Å². The number of halogens is 1. The average Bonchev–Trinajstić information content (AvgIpc) is 2.97. The summed E-state index contributed by atoms with van der Waals surface area (Å²) in [4.78, 5) is 13.6. The standard InChI is InChI=1S/C16H20ClN3O2/c1-19-12-15(10-18-19)14-5-3-4-13(8-14)11-20(6-7-22-2)16(21)9-17/h3-5,8,10,12H,6-7,9,11H2,1-2H3. The van der Waals surface area contributed by atoms with Crippen molar-refractivity contribution >= 4 is 17.5 Å². The quantitative estimate of drug-likeness (QED) is 0.735. The zero-order chi connectivity index (χ0) is 15.9. The highest BCUT2D eigenvalue weighted by molar-refractivity contribution is 6.27. The number of hydrogen-bond donors (Lipinski definition) is 0. The minimum atomic E-state index is -0.0921. The van der Waals surface area contributed by atoms with Gasteiger partial charge in [-0.3, -0.25) is 9.48 Å². The molecule has 0 bridgehead atoms. The van der Waals surface area contributed by atoms with Crippen LogP contribution >= 0.6 is 11.6 Å². The van der Waals surface area contributed by atoms with Gasteiger partial charge in [0.2, 0.25) is 5.91 Å². The molecular weight excluding hydrogens is 302 g/mol. The minimum absolute atomic E-state index is 0.0218. The smallest absolute Gasteiger partial charge is 0.237 e. The van der Waals surface area contributed by atoms with Crippen LogP contribution in [0.25, 0.3) is 11.1 Å². The molecule has 118 valence electrons. The summed E-state index contributed by atoms with van der Waals surface area (Å²) in [6, 6.07) is 8.08. The number of benzene rings is 1. The van der Waals surface area contributed by atoms with E-state index in [4.69, 9.17) is 16.3 Å². The number of nitrogens with zero attached hydrogens (tertiary/aromatic N) is 3. The van der Waals surface area contributed by atoms with E-state index >= 15 is 0 Å². The highest BCUT2D eigenvalue weighted by Gasteiger charge is 2.13. The second-order valence-corrected chi connectivity index (χ2v) is 5.31. The van der Waals surface area contributed by atoms with Crippen molar-refractivity contribution in [2.24, 2.45) is 7.05 Å². The van der Waals surface area contributed by atoms with Crippen LogP contribution in [0, 0.1) is 0 Å². The summed E-state index contributed by atoms with van der Waals surface area (Å²) in [6.07, 6.45) is 3.79. The van der Waals surface area contributed by atoms with Crippen molar-refractivity contribution in [2.75, 3.05) is 26.1 Å². The van der Waals surface area contributed by atoms with E-state index in [0.717, 1.165) is 16.7 Å². The number of aromatic nitrogens is 2. The van der Waals surface area contributed by atoms with Crippen molar-refractivity contribution in [1.82, 2.24) is 14.7 Å². The lowest BCUT2D eigenvalue weighted by atomic mass is 10.1. The maximum Gasteiger partial charge on any atom is 0.237 e. The van der Waals surface area contributed by atoms with Crippen LogP contribution in [0.5, 0.6) is 0 Å². The van der Waals surface area contributed by atoms with Crippen molar-refractivity contribution in [3.63, 3.8) is 0 Å². The van der Waals surface area contributed by atoms with Crippen LogP contribution in [-0.4, -0.2) is 46.7 Å². The number of carbonyl (C=O) groups is 1. The molecule has 0 atom stereocenters. The van der Waals surface area contributed by atoms with Crippen molar-refractivity contribution in [3.8, 4) is 11.1 Å². The summed E-state index contributed by atoms with van der Waals surface area (Å²) in [5.41, 5.74) is 3.18. The maximum absolute atomic E-state index is 11.9. The van der Waals surface area contributed by atoms with Gasteiger partial charge in [0.25, 0.3) is 0 Å². The Labute approximate surface area is 135 Å². The van der Waals surface area contributed by atoms with Gasteiger partial charge in [0.15, 0.2) is 0 Å². The molecule has 0 aliphatic carbocycles. The fourth-order valence-corrected chi connectivity index (χ4v) is 2.39. The maximum atomic E-state index is 11.9. The van der Waals surface area contributed by atoms with E-state index in [1.54, 1.807) is 16.7 Å². The van der Waals surface area contributed by atoms with Gasteiger partial charge in [0.1, 0.15) is 5.88 Å². The Morgan fingerprint density at radius 3 is 2.86 bits per heavy atom. The Balaban J connectivity index is 2.15. The Kier molecular flexibility index (Phi) is 5.98. The molecule has 0 spiro atoms. The van der Waals surface area contributed by atoms with Gasteiger partial charge in [-0.15, -0.1) is 11.6 Å². The van der Waals surface area contributed by atoms with Crippen LogP contribution in [0.3, 0.4) is 0 Å². The average molecular weight is 322 g/mol. The van der Waals surface area contributed by atoms with E-state index in [2.05, 4.69) is 11.2 Å². The van der Waals surface area contributed by atoms with E-state index in [-0.39, 0.29) is 11.8 Å². The molecule has 0 aliphatic rings. The molecule has 0 saturated heterocycles. The van der Waals surface area contributed by atoms with Gasteiger partial charge in [-0.05, 0) is 17.2 Å². The number of carbonyl (C=O) groups excluding carboxylic acids is 1. The van der Waals surface area contributed by atoms with Gasteiger partial charge in [0.05, 0.1) is 12.8 Å². The molecule has 0 aliphatic heterocycles. The SMILES string of the molecule is COCCN(Cc1cccc(-c2cnn(C)c2)c1)C(=O)CCl. The lowest BCUT2D eigenvalue weighted by molar-refractivity contribution is -0.129. The second-order valence-electron chi connectivity index (χ2n) is 5.04. The molecule has 6 heteroatoms. The number of aryl methyl sites for hydroxylation is 1. The van der Waals surface area contributed by atoms with Gasteiger partial charge < -0.3 is 9.64 Å². The number of amides is 1. The summed E-state index contributed by atoms with van der Waals surface area (Å²) < 4.78 is 6.82. The Hall–Kier alpha value is -1.85. The van der Waals surface area contributed by atoms with Crippen LogP contribution in [0.4, 0.5) is 0 Å². The zero-order valence-corrected chi connectivity index (χ0v) is 13.6. The Morgan fingerprint density at radius 2 is 2.23 bits per heavy atom. The summed E-state index contributed by atoms with van der Waals surface area (Å²) in [6.45, 7) is 1.53. The molecule has 0 unspecified atom stereocenters. The Morgan fingerprint density at radius 1 is 1.41 bits per heavy atom. The highest BCUT2D eigenvalue weighted by Crippen LogP contribution is 2.20. The molecule has 5 nitrogen and oxygen atoms in total. The van der Waals surface area contributed by atoms with Gasteiger partial charge in [-0.25, -0.2) is 0 Å². The first kappa shape index (κ1) is 16.5. The summed E-state index contributed by atoms with van der Waals surface area (Å²) in [5.74, 6) is -0.114. The van der Waals surface area contributed by atoms with E-state index < -0.39 is 0 Å². The third-order valence-corrected chi connectivity index (χ3v) is 3.60. The molecule has 2 rings (SSSR count). The molecule has 1 aromatic heterocycles. The molecule has 0 radical (unpaired) electrons. The first-order valence-corrected chi connectivity index (χ1v) is 7.58. The molecule has 0 fully saturated rings. The summed E-state index contributed by atoms with van der Waals surface area (Å²) in [7, 11) is 3.51. The molecule has 1 aromatic carbocycles. The van der Waals surface area contributed by atoms with Crippen LogP contribution in [-0.2, 0) is 23.1 Å². The largest absolute Gasteiger partial charge is 0.383 e. The monoisotopic (exact) mass is 321 g/mol. The molecule has 2 aromatic rings. The Bertz CT molecular complexity index is 627. The van der Waals surface area contributed by atoms with Gasteiger partial charge in [-0.1, -0.05) is 18.2 Å². The van der Waals surface area contributed by atoms with Crippen LogP contribution in [0.1, 0.15) is 5.56 Å². The van der Waals surface area contributed by atoms with Crippen LogP contribution in [0.15, 0.2) is 36.7 Å². The lowest BCUT2D eigenvalue weighted by Gasteiger charge is -2.21. The minimum Gasteiger partial charge on any atom is -0.383 e. The third kappa shape index (κ3) is 4.32. The highest BCUT2D eigenvalue weighted by atomic mass is 35.5. The first-order valence-electron chi connectivity index (χ1n) is 7.04. The third-order valence-electron chi connectivity index (χ3n) is 3.37. The van der Waals surface area contributed by atoms with Gasteiger partial charge in [0, 0.05) is 39.0 Å². The zero-order valence-electron chi connectivity index (χ0n) is 12.8. The number of ether oxygens (including phenoxy) is 1. The molecule has 0 N–H and O–H groups in total. The van der Waals surface area contributed by atoms with E-state index in [1.165, 1.54) is 0 Å². The van der Waals surface area contributed by atoms with Crippen molar-refractivity contribution in [3.05, 3.63) is 42.2 Å². The number of rotatable bonds is 7. The summed E-state index contributed by atoms with van der Waals surface area (Å²) in [5, 5.41) is 4.18. The van der Waals surface area contributed by atoms with E-state index in [0.29, 0.717) is 19.7 Å². The second kappa shape index (κ2) is 7.96. The predicted octanol–water partition coefficient (Wildman–Crippen LogP) is 2.30. The van der Waals surface area contributed by atoms with Crippen LogP contribution < -0.4 is 0 Å². The fourth-order valence-electron chi connectivity index (χ4n) is 2.22. The predicted molar refractivity (Wildman–Crippen MR) is 86.7 cm³/mol. The van der Waals surface area contributed by atoms with Gasteiger partial charge in [-0.2, -0.15) is 5.10 Å². The normalized spacial score (nSPS) is 10.7. The molecule has 22 heavy (non-hydrogen) atoms. The molecule has 1 heterocycles. The van der Waals surface area contributed by atoms with Gasteiger partial charge >= 0.3 is 0 Å². The van der Waals surface area contributed by atoms with Crippen molar-refractivity contribution in [1.29, 1.82) is 0 Å². The fraction of sp³-hybridized carbons (Fsp3) is 0.375. The van der Waals surface area contributed by atoms with Crippen molar-refractivity contribution < 1.29 is 9.53 Å². The first-order chi connectivity index (χ1) is 10.6. The summed E-state index contributed by atoms with van der Waals surface area (Å²) >= 11 is 5.68. The van der Waals surface area contributed by atoms with Crippen LogP contribution in [0.2, 0.25) is 0 Å². The van der Waals surface area contributed by atoms with E-state index in [9.17, 15) is 4.79 Å². The molecular formula is C16H20ClN3O2. The molecule has 1 amide bonds. The number of alkyl halides is 1. The topological polar surface area (TPSA) is 47.4 Å². The number of methoxy groups -OCH3 is 1. The molecule has 0 saturated carbocycles. The lowest BCUT2D eigenvalue weighted by Crippen LogP contribution is -2.34.